The maximum atomic E-state index is 12.7. The first-order chi connectivity index (χ1) is 12.0. The lowest BCUT2D eigenvalue weighted by molar-refractivity contribution is -0.120. The predicted octanol–water partition coefficient (Wildman–Crippen LogP) is 0.976. The second kappa shape index (κ2) is 7.18. The summed E-state index contributed by atoms with van der Waals surface area (Å²) in [6.45, 7) is 9.12. The van der Waals surface area contributed by atoms with Crippen LogP contribution in [0.2, 0.25) is 0 Å². The number of anilines is 2. The Bertz CT molecular complexity index is 735. The van der Waals surface area contributed by atoms with E-state index >= 15 is 0 Å². The second-order valence-corrected chi connectivity index (χ2v) is 6.42. The molecule has 1 aliphatic rings. The molecule has 1 aliphatic heterocycles. The number of carbonyl (C=O) groups excluding carboxylic acids is 1. The van der Waals surface area contributed by atoms with Crippen molar-refractivity contribution in [1.82, 2.24) is 24.6 Å². The highest BCUT2D eigenvalue weighted by atomic mass is 16.2. The number of rotatable bonds is 4. The van der Waals surface area contributed by atoms with Gasteiger partial charge in [-0.15, -0.1) is 0 Å². The Hall–Kier alpha value is -2.48. The largest absolute Gasteiger partial charge is 0.353 e. The first kappa shape index (κ1) is 17.3. The summed E-state index contributed by atoms with van der Waals surface area (Å²) < 4.78 is 1.79. The van der Waals surface area contributed by atoms with Gasteiger partial charge in [-0.05, 0) is 20.8 Å². The zero-order chi connectivity index (χ0) is 18.0. The minimum Gasteiger partial charge on any atom is -0.353 e. The molecule has 8 heteroatoms. The standard InChI is InChI=1S/C17H25N7O/c1-12-16(13(2)22(4)21-12)20-17(25)14(3)23-7-9-24(10-8-23)15-11-18-5-6-19-15/h5-6,11,14H,7-10H2,1-4H3,(H,20,25)/t14-/m0/s1. The van der Waals surface area contributed by atoms with Crippen LogP contribution >= 0.6 is 0 Å². The summed E-state index contributed by atoms with van der Waals surface area (Å²) in [6, 6.07) is -0.192. The fourth-order valence-corrected chi connectivity index (χ4v) is 3.14. The molecule has 1 fully saturated rings. The van der Waals surface area contributed by atoms with E-state index in [9.17, 15) is 4.79 Å². The van der Waals surface area contributed by atoms with E-state index in [2.05, 4.69) is 30.2 Å². The molecule has 1 saturated heterocycles. The van der Waals surface area contributed by atoms with Crippen molar-refractivity contribution in [3.8, 4) is 0 Å². The Balaban J connectivity index is 1.58. The van der Waals surface area contributed by atoms with Gasteiger partial charge in [-0.25, -0.2) is 4.98 Å². The van der Waals surface area contributed by atoms with Crippen molar-refractivity contribution >= 4 is 17.4 Å². The summed E-state index contributed by atoms with van der Waals surface area (Å²) in [7, 11) is 1.88. The molecule has 25 heavy (non-hydrogen) atoms. The molecular weight excluding hydrogens is 318 g/mol. The quantitative estimate of drug-likeness (QED) is 0.891. The third-order valence-electron chi connectivity index (χ3n) is 4.87. The van der Waals surface area contributed by atoms with Crippen molar-refractivity contribution < 1.29 is 4.79 Å². The molecule has 1 atom stereocenters. The van der Waals surface area contributed by atoms with Crippen molar-refractivity contribution in [3.63, 3.8) is 0 Å². The number of nitrogens with zero attached hydrogens (tertiary/aromatic N) is 6. The zero-order valence-corrected chi connectivity index (χ0v) is 15.2. The van der Waals surface area contributed by atoms with Gasteiger partial charge in [-0.1, -0.05) is 0 Å². The van der Waals surface area contributed by atoms with E-state index in [1.54, 1.807) is 23.3 Å². The lowest BCUT2D eigenvalue weighted by atomic mass is 10.2. The number of hydrogen-bond donors (Lipinski definition) is 1. The normalized spacial score (nSPS) is 16.7. The predicted molar refractivity (Wildman–Crippen MR) is 96.6 cm³/mol. The Morgan fingerprint density at radius 3 is 2.48 bits per heavy atom. The van der Waals surface area contributed by atoms with Crippen LogP contribution in [0.4, 0.5) is 11.5 Å². The molecule has 2 aromatic rings. The van der Waals surface area contributed by atoms with Crippen LogP contribution in [0, 0.1) is 13.8 Å². The van der Waals surface area contributed by atoms with Gasteiger partial charge >= 0.3 is 0 Å². The Kier molecular flexibility index (Phi) is 4.98. The van der Waals surface area contributed by atoms with Crippen LogP contribution in [-0.2, 0) is 11.8 Å². The van der Waals surface area contributed by atoms with Crippen LogP contribution in [0.15, 0.2) is 18.6 Å². The van der Waals surface area contributed by atoms with E-state index in [0.717, 1.165) is 49.1 Å². The number of carbonyl (C=O) groups is 1. The van der Waals surface area contributed by atoms with Crippen molar-refractivity contribution in [2.45, 2.75) is 26.8 Å². The van der Waals surface area contributed by atoms with Crippen LogP contribution in [0.25, 0.3) is 0 Å². The van der Waals surface area contributed by atoms with E-state index in [1.165, 1.54) is 0 Å². The molecule has 0 radical (unpaired) electrons. The van der Waals surface area contributed by atoms with Crippen molar-refractivity contribution in [2.75, 3.05) is 36.4 Å². The third-order valence-corrected chi connectivity index (χ3v) is 4.87. The van der Waals surface area contributed by atoms with E-state index in [-0.39, 0.29) is 11.9 Å². The van der Waals surface area contributed by atoms with Gasteiger partial charge in [0.2, 0.25) is 5.91 Å². The summed E-state index contributed by atoms with van der Waals surface area (Å²) >= 11 is 0. The Morgan fingerprint density at radius 2 is 1.92 bits per heavy atom. The highest BCUT2D eigenvalue weighted by Gasteiger charge is 2.27. The van der Waals surface area contributed by atoms with E-state index in [4.69, 9.17) is 0 Å². The maximum Gasteiger partial charge on any atom is 0.241 e. The van der Waals surface area contributed by atoms with Gasteiger partial charge < -0.3 is 10.2 Å². The third kappa shape index (κ3) is 3.63. The van der Waals surface area contributed by atoms with Crippen molar-refractivity contribution in [2.24, 2.45) is 7.05 Å². The summed E-state index contributed by atoms with van der Waals surface area (Å²) in [5, 5.41) is 7.39. The molecule has 1 amide bonds. The molecule has 0 aromatic carbocycles. The number of amides is 1. The lowest BCUT2D eigenvalue weighted by Crippen LogP contribution is -2.53. The molecular formula is C17H25N7O. The average Bonchev–Trinajstić information content (AvgIpc) is 2.88. The molecule has 3 heterocycles. The van der Waals surface area contributed by atoms with Gasteiger partial charge in [0.25, 0.3) is 0 Å². The van der Waals surface area contributed by atoms with Gasteiger partial charge in [-0.2, -0.15) is 5.10 Å². The molecule has 134 valence electrons. The minimum absolute atomic E-state index is 0.00662. The molecule has 8 nitrogen and oxygen atoms in total. The van der Waals surface area contributed by atoms with Crippen LogP contribution in [0.3, 0.4) is 0 Å². The molecule has 2 aromatic heterocycles. The molecule has 1 N–H and O–H groups in total. The van der Waals surface area contributed by atoms with Crippen molar-refractivity contribution in [1.29, 1.82) is 0 Å². The van der Waals surface area contributed by atoms with Crippen molar-refractivity contribution in [3.05, 3.63) is 30.0 Å². The number of aryl methyl sites for hydroxylation is 2. The van der Waals surface area contributed by atoms with Gasteiger partial charge in [0.15, 0.2) is 0 Å². The summed E-state index contributed by atoms with van der Waals surface area (Å²) in [5.74, 6) is 0.896. The highest BCUT2D eigenvalue weighted by Crippen LogP contribution is 2.20. The number of aromatic nitrogens is 4. The fraction of sp³-hybridized carbons (Fsp3) is 0.529. The molecule has 3 rings (SSSR count). The van der Waals surface area contributed by atoms with E-state index in [0.29, 0.717) is 0 Å². The van der Waals surface area contributed by atoms with Gasteiger partial charge in [0, 0.05) is 45.6 Å². The minimum atomic E-state index is -0.192. The number of hydrogen-bond acceptors (Lipinski definition) is 6. The Labute approximate surface area is 147 Å². The fourth-order valence-electron chi connectivity index (χ4n) is 3.14. The summed E-state index contributed by atoms with van der Waals surface area (Å²) in [4.78, 5) is 25.5. The lowest BCUT2D eigenvalue weighted by Gasteiger charge is -2.37. The van der Waals surface area contributed by atoms with Crippen LogP contribution in [-0.4, -0.2) is 62.8 Å². The average molecular weight is 343 g/mol. The zero-order valence-electron chi connectivity index (χ0n) is 15.2. The SMILES string of the molecule is Cc1nn(C)c(C)c1NC(=O)[C@H](C)N1CCN(c2cnccn2)CC1. The first-order valence-corrected chi connectivity index (χ1v) is 8.53. The molecule has 0 bridgehead atoms. The van der Waals surface area contributed by atoms with Crippen LogP contribution in [0.5, 0.6) is 0 Å². The van der Waals surface area contributed by atoms with E-state index < -0.39 is 0 Å². The van der Waals surface area contributed by atoms with Crippen LogP contribution in [0.1, 0.15) is 18.3 Å². The maximum absolute atomic E-state index is 12.7. The van der Waals surface area contributed by atoms with Crippen LogP contribution < -0.4 is 10.2 Å². The van der Waals surface area contributed by atoms with E-state index in [1.807, 2.05) is 27.8 Å². The second-order valence-electron chi connectivity index (χ2n) is 6.42. The monoisotopic (exact) mass is 343 g/mol. The summed E-state index contributed by atoms with van der Waals surface area (Å²) in [5.41, 5.74) is 2.62. The first-order valence-electron chi connectivity index (χ1n) is 8.53. The van der Waals surface area contributed by atoms with Gasteiger partial charge in [-0.3, -0.25) is 19.4 Å². The highest BCUT2D eigenvalue weighted by molar-refractivity contribution is 5.95. The number of nitrogens with one attached hydrogen (secondary N) is 1. The Morgan fingerprint density at radius 1 is 1.20 bits per heavy atom. The molecule has 0 spiro atoms. The number of piperazine rings is 1. The molecule has 0 saturated carbocycles. The smallest absolute Gasteiger partial charge is 0.241 e. The topological polar surface area (TPSA) is 79.2 Å². The molecule has 0 unspecified atom stereocenters. The summed E-state index contributed by atoms with van der Waals surface area (Å²) in [6.07, 6.45) is 5.16. The van der Waals surface area contributed by atoms with Gasteiger partial charge in [0.05, 0.1) is 29.3 Å². The van der Waals surface area contributed by atoms with Gasteiger partial charge in [0.1, 0.15) is 5.82 Å². The molecule has 0 aliphatic carbocycles.